The van der Waals surface area contributed by atoms with E-state index in [1.165, 1.54) is 0 Å². The summed E-state index contributed by atoms with van der Waals surface area (Å²) in [5.41, 5.74) is 1.36. The highest BCUT2D eigenvalue weighted by molar-refractivity contribution is 7.80. The van der Waals surface area contributed by atoms with Crippen LogP contribution in [0.25, 0.3) is 10.9 Å². The molecule has 2 aromatic rings. The van der Waals surface area contributed by atoms with Gasteiger partial charge in [0, 0.05) is 31.8 Å². The number of pyridine rings is 1. The minimum Gasteiger partial charge on any atom is -0.497 e. The van der Waals surface area contributed by atoms with E-state index in [4.69, 9.17) is 17.0 Å². The van der Waals surface area contributed by atoms with E-state index in [1.54, 1.807) is 7.11 Å². The fourth-order valence-electron chi connectivity index (χ4n) is 2.89. The second-order valence-electron chi connectivity index (χ2n) is 6.08. The lowest BCUT2D eigenvalue weighted by Gasteiger charge is -2.28. The van der Waals surface area contributed by atoms with Gasteiger partial charge in [-0.15, -0.1) is 0 Å². The summed E-state index contributed by atoms with van der Waals surface area (Å²) in [6.07, 6.45) is 0. The number of rotatable bonds is 8. The third-order valence-electron chi connectivity index (χ3n) is 4.57. The Morgan fingerprint density at radius 1 is 1.23 bits per heavy atom. The minimum atomic E-state index is -0.0995. The molecule has 0 aliphatic carbocycles. The number of hydrogen-bond donors (Lipinski definition) is 2. The lowest BCUT2D eigenvalue weighted by Crippen LogP contribution is -2.43. The van der Waals surface area contributed by atoms with Crippen molar-refractivity contribution in [2.75, 3.05) is 40.3 Å². The highest BCUT2D eigenvalue weighted by Crippen LogP contribution is 2.19. The Bertz CT molecular complexity index is 802. The average Bonchev–Trinajstić information content (AvgIpc) is 2.67. The molecule has 0 saturated heterocycles. The number of thiocarbonyl (C=S) groups is 1. The van der Waals surface area contributed by atoms with Crippen molar-refractivity contribution in [1.82, 2.24) is 20.1 Å². The number of aromatic nitrogens is 1. The van der Waals surface area contributed by atoms with Gasteiger partial charge in [-0.25, -0.2) is 0 Å². The van der Waals surface area contributed by atoms with Crippen molar-refractivity contribution in [3.8, 4) is 5.75 Å². The molecule has 7 heteroatoms. The molecule has 0 amide bonds. The van der Waals surface area contributed by atoms with Crippen molar-refractivity contribution < 1.29 is 4.74 Å². The molecule has 0 radical (unpaired) electrons. The minimum absolute atomic E-state index is 0.0995. The molecule has 142 valence electrons. The standard InChI is InChI=1S/C19H28N4O2S/c1-5-22(6-2)9-10-23(19(26)20-3)13-15-11-14-7-8-16(25-4)12-17(14)21-18(15)24/h7-8,11-12H,5-6,9-10,13H2,1-4H3,(H,20,26)(H,21,24). The molecule has 0 fully saturated rings. The quantitative estimate of drug-likeness (QED) is 0.689. The Hall–Kier alpha value is -2.12. The van der Waals surface area contributed by atoms with Crippen LogP contribution in [0.3, 0.4) is 0 Å². The summed E-state index contributed by atoms with van der Waals surface area (Å²) in [6, 6.07) is 7.60. The Labute approximate surface area is 160 Å². The van der Waals surface area contributed by atoms with E-state index >= 15 is 0 Å². The van der Waals surface area contributed by atoms with Crippen LogP contribution in [0.1, 0.15) is 19.4 Å². The van der Waals surface area contributed by atoms with Gasteiger partial charge < -0.3 is 24.8 Å². The van der Waals surface area contributed by atoms with Crippen LogP contribution in [0.4, 0.5) is 0 Å². The van der Waals surface area contributed by atoms with Crippen LogP contribution in [0, 0.1) is 0 Å². The van der Waals surface area contributed by atoms with Gasteiger partial charge in [0.15, 0.2) is 5.11 Å². The molecular formula is C19H28N4O2S. The Kier molecular flexibility index (Phi) is 7.41. The number of nitrogens with zero attached hydrogens (tertiary/aromatic N) is 2. The molecule has 26 heavy (non-hydrogen) atoms. The number of H-pyrrole nitrogens is 1. The maximum atomic E-state index is 12.5. The lowest BCUT2D eigenvalue weighted by atomic mass is 10.1. The highest BCUT2D eigenvalue weighted by atomic mass is 32.1. The number of ether oxygens (including phenoxy) is 1. The van der Waals surface area contributed by atoms with Gasteiger partial charge in [-0.05, 0) is 48.9 Å². The molecular weight excluding hydrogens is 348 g/mol. The van der Waals surface area contributed by atoms with Gasteiger partial charge in [0.2, 0.25) is 0 Å². The van der Waals surface area contributed by atoms with Crippen LogP contribution in [-0.2, 0) is 6.54 Å². The van der Waals surface area contributed by atoms with Gasteiger partial charge >= 0.3 is 0 Å². The topological polar surface area (TPSA) is 60.6 Å². The molecule has 6 nitrogen and oxygen atoms in total. The molecule has 0 aliphatic heterocycles. The van der Waals surface area contributed by atoms with E-state index in [0.29, 0.717) is 17.2 Å². The van der Waals surface area contributed by atoms with E-state index in [0.717, 1.165) is 42.8 Å². The normalized spacial score (nSPS) is 11.0. The fourth-order valence-corrected chi connectivity index (χ4v) is 3.04. The summed E-state index contributed by atoms with van der Waals surface area (Å²) in [5, 5.41) is 4.64. The van der Waals surface area contributed by atoms with E-state index in [-0.39, 0.29) is 5.56 Å². The largest absolute Gasteiger partial charge is 0.497 e. The first-order valence-electron chi connectivity index (χ1n) is 8.91. The number of fused-ring (bicyclic) bond motifs is 1. The second-order valence-corrected chi connectivity index (χ2v) is 6.47. The van der Waals surface area contributed by atoms with Crippen molar-refractivity contribution in [3.63, 3.8) is 0 Å². The van der Waals surface area contributed by atoms with Crippen molar-refractivity contribution in [3.05, 3.63) is 40.2 Å². The zero-order chi connectivity index (χ0) is 19.1. The number of nitrogens with one attached hydrogen (secondary N) is 2. The first-order valence-corrected chi connectivity index (χ1v) is 9.32. The van der Waals surface area contributed by atoms with Crippen LogP contribution < -0.4 is 15.6 Å². The molecule has 0 unspecified atom stereocenters. The highest BCUT2D eigenvalue weighted by Gasteiger charge is 2.13. The van der Waals surface area contributed by atoms with Crippen LogP contribution in [0.2, 0.25) is 0 Å². The first-order chi connectivity index (χ1) is 12.5. The molecule has 0 bridgehead atoms. The Morgan fingerprint density at radius 3 is 2.58 bits per heavy atom. The van der Waals surface area contributed by atoms with E-state index < -0.39 is 0 Å². The smallest absolute Gasteiger partial charge is 0.253 e. The summed E-state index contributed by atoms with van der Waals surface area (Å²) in [5.74, 6) is 0.720. The second kappa shape index (κ2) is 9.54. The average molecular weight is 377 g/mol. The summed E-state index contributed by atoms with van der Waals surface area (Å²) in [6.45, 7) is 8.42. The number of aromatic amines is 1. The van der Waals surface area contributed by atoms with E-state index in [9.17, 15) is 4.79 Å². The maximum Gasteiger partial charge on any atom is 0.253 e. The summed E-state index contributed by atoms with van der Waals surface area (Å²) >= 11 is 5.44. The number of benzene rings is 1. The molecule has 0 spiro atoms. The fraction of sp³-hybridized carbons (Fsp3) is 0.474. The van der Waals surface area contributed by atoms with Crippen molar-refractivity contribution in [2.24, 2.45) is 0 Å². The Balaban J connectivity index is 2.25. The SMILES string of the molecule is CCN(CC)CCN(Cc1cc2ccc(OC)cc2[nH]c1=O)C(=S)NC. The summed E-state index contributed by atoms with van der Waals surface area (Å²) < 4.78 is 5.22. The zero-order valence-corrected chi connectivity index (χ0v) is 16.8. The number of hydrogen-bond acceptors (Lipinski definition) is 4. The number of likely N-dealkylation sites (N-methyl/N-ethyl adjacent to an activating group) is 1. The van der Waals surface area contributed by atoms with Gasteiger partial charge in [0.1, 0.15) is 5.75 Å². The predicted octanol–water partition coefficient (Wildman–Crippen LogP) is 2.18. The van der Waals surface area contributed by atoms with Crippen molar-refractivity contribution >= 4 is 28.2 Å². The lowest BCUT2D eigenvalue weighted by molar-refractivity contribution is 0.264. The third-order valence-corrected chi connectivity index (χ3v) is 5.04. The van der Waals surface area contributed by atoms with Gasteiger partial charge in [-0.3, -0.25) is 4.79 Å². The van der Waals surface area contributed by atoms with Crippen LogP contribution >= 0.6 is 12.2 Å². The van der Waals surface area contributed by atoms with Gasteiger partial charge in [-0.2, -0.15) is 0 Å². The summed E-state index contributed by atoms with van der Waals surface area (Å²) in [7, 11) is 3.42. The Morgan fingerprint density at radius 2 is 1.96 bits per heavy atom. The first kappa shape index (κ1) is 20.2. The van der Waals surface area contributed by atoms with Crippen LogP contribution in [-0.4, -0.2) is 60.2 Å². The number of methoxy groups -OCH3 is 1. The monoisotopic (exact) mass is 376 g/mol. The molecule has 1 aromatic carbocycles. The summed E-state index contributed by atoms with van der Waals surface area (Å²) in [4.78, 5) is 19.8. The van der Waals surface area contributed by atoms with E-state index in [2.05, 4.69) is 29.0 Å². The predicted molar refractivity (Wildman–Crippen MR) is 111 cm³/mol. The molecule has 2 N–H and O–H groups in total. The zero-order valence-electron chi connectivity index (χ0n) is 16.0. The maximum absolute atomic E-state index is 12.5. The molecule has 1 heterocycles. The van der Waals surface area contributed by atoms with Crippen molar-refractivity contribution in [2.45, 2.75) is 20.4 Å². The molecule has 0 atom stereocenters. The van der Waals surface area contributed by atoms with Crippen molar-refractivity contribution in [1.29, 1.82) is 0 Å². The molecule has 1 aromatic heterocycles. The van der Waals surface area contributed by atoms with Crippen LogP contribution in [0.5, 0.6) is 5.75 Å². The van der Waals surface area contributed by atoms with Gasteiger partial charge in [0.25, 0.3) is 5.56 Å². The molecule has 2 rings (SSSR count). The van der Waals surface area contributed by atoms with Crippen LogP contribution in [0.15, 0.2) is 29.1 Å². The van der Waals surface area contributed by atoms with Gasteiger partial charge in [0.05, 0.1) is 19.2 Å². The molecule has 0 saturated carbocycles. The third kappa shape index (κ3) is 4.95. The van der Waals surface area contributed by atoms with Gasteiger partial charge in [-0.1, -0.05) is 13.8 Å². The van der Waals surface area contributed by atoms with E-state index in [1.807, 2.05) is 36.2 Å². The molecule has 0 aliphatic rings.